The molecule has 1 aromatic heterocycles. The summed E-state index contributed by atoms with van der Waals surface area (Å²) in [5.74, 6) is -2.81. The number of nitrogens with zero attached hydrogens (tertiary/aromatic N) is 1. The molecule has 2 amide bonds. The number of rotatable bonds is 7. The summed E-state index contributed by atoms with van der Waals surface area (Å²) in [5, 5.41) is 7.06. The van der Waals surface area contributed by atoms with E-state index in [0.29, 0.717) is 26.7 Å². The van der Waals surface area contributed by atoms with Gasteiger partial charge in [-0.3, -0.25) is 9.59 Å². The van der Waals surface area contributed by atoms with E-state index in [-0.39, 0.29) is 12.4 Å². The molecule has 0 spiro atoms. The number of carbonyl (C=O) groups excluding carboxylic acids is 4. The highest BCUT2D eigenvalue weighted by Gasteiger charge is 2.28. The van der Waals surface area contributed by atoms with Gasteiger partial charge in [0, 0.05) is 9.90 Å². The summed E-state index contributed by atoms with van der Waals surface area (Å²) in [6.45, 7) is 1.91. The van der Waals surface area contributed by atoms with Crippen LogP contribution in [0.5, 0.6) is 5.75 Å². The molecule has 0 bridgehead atoms. The van der Waals surface area contributed by atoms with Crippen molar-refractivity contribution in [2.75, 3.05) is 11.9 Å². The Kier molecular flexibility index (Phi) is 8.88. The summed E-state index contributed by atoms with van der Waals surface area (Å²) in [6.07, 6.45) is 4.78. The maximum atomic E-state index is 12.5. The zero-order valence-corrected chi connectivity index (χ0v) is 22.0. The SMILES string of the molecule is CCOC(=O)c1c(NC(=O)C(=O)NN=Cc2cccc(OC(=O)c3cccc(Cl)c3)c2)sc2c1CCCC2. The fraction of sp³-hybridized carbons (Fsp3) is 0.222. The summed E-state index contributed by atoms with van der Waals surface area (Å²) in [6, 6.07) is 12.8. The Labute approximate surface area is 227 Å². The van der Waals surface area contributed by atoms with Gasteiger partial charge in [0.2, 0.25) is 0 Å². The maximum absolute atomic E-state index is 12.5. The van der Waals surface area contributed by atoms with Crippen LogP contribution < -0.4 is 15.5 Å². The molecular formula is C27H24ClN3O6S. The summed E-state index contributed by atoms with van der Waals surface area (Å²) >= 11 is 7.21. The van der Waals surface area contributed by atoms with Crippen LogP contribution in [0.15, 0.2) is 53.6 Å². The quantitative estimate of drug-likeness (QED) is 0.143. The van der Waals surface area contributed by atoms with E-state index in [4.69, 9.17) is 21.1 Å². The topological polar surface area (TPSA) is 123 Å². The standard InChI is InChI=1S/C27H24ClN3O6S/c1-2-36-27(35)22-20-11-3-4-12-21(20)38-25(22)30-23(32)24(33)31-29-15-16-7-5-10-19(13-16)37-26(34)17-8-6-9-18(28)14-17/h5-10,13-15H,2-4,11-12H2,1H3,(H,30,32)(H,31,33). The first kappa shape index (κ1) is 27.0. The number of nitrogens with one attached hydrogen (secondary N) is 2. The molecule has 0 saturated carbocycles. The number of ether oxygens (including phenoxy) is 2. The molecule has 11 heteroatoms. The molecule has 0 aliphatic heterocycles. The number of benzene rings is 2. The van der Waals surface area contributed by atoms with E-state index in [1.807, 2.05) is 0 Å². The van der Waals surface area contributed by atoms with Crippen LogP contribution in [0.3, 0.4) is 0 Å². The number of hydrazone groups is 1. The summed E-state index contributed by atoms with van der Waals surface area (Å²) in [7, 11) is 0. The van der Waals surface area contributed by atoms with Gasteiger partial charge in [-0.25, -0.2) is 15.0 Å². The molecule has 196 valence electrons. The van der Waals surface area contributed by atoms with E-state index < -0.39 is 23.8 Å². The number of carbonyl (C=O) groups is 4. The minimum absolute atomic E-state index is 0.201. The first-order valence-electron chi connectivity index (χ1n) is 11.9. The zero-order chi connectivity index (χ0) is 27.1. The first-order valence-corrected chi connectivity index (χ1v) is 13.1. The summed E-state index contributed by atoms with van der Waals surface area (Å²) in [4.78, 5) is 50.8. The van der Waals surface area contributed by atoms with Gasteiger partial charge < -0.3 is 14.8 Å². The molecule has 2 N–H and O–H groups in total. The van der Waals surface area contributed by atoms with Gasteiger partial charge in [0.1, 0.15) is 10.8 Å². The lowest BCUT2D eigenvalue weighted by Gasteiger charge is -2.12. The Morgan fingerprint density at radius 1 is 1.03 bits per heavy atom. The van der Waals surface area contributed by atoms with Crippen molar-refractivity contribution in [3.8, 4) is 5.75 Å². The zero-order valence-electron chi connectivity index (χ0n) is 20.4. The fourth-order valence-electron chi connectivity index (χ4n) is 3.89. The molecule has 2 aromatic carbocycles. The van der Waals surface area contributed by atoms with Crippen LogP contribution in [-0.2, 0) is 27.2 Å². The van der Waals surface area contributed by atoms with Crippen molar-refractivity contribution in [3.05, 3.63) is 80.7 Å². The van der Waals surface area contributed by atoms with Crippen LogP contribution in [0.4, 0.5) is 5.00 Å². The van der Waals surface area contributed by atoms with Gasteiger partial charge in [-0.2, -0.15) is 5.10 Å². The number of aryl methyl sites for hydroxylation is 1. The lowest BCUT2D eigenvalue weighted by atomic mass is 9.95. The molecule has 1 heterocycles. The van der Waals surface area contributed by atoms with Crippen LogP contribution in [0.1, 0.15) is 56.5 Å². The van der Waals surface area contributed by atoms with E-state index in [1.165, 1.54) is 23.6 Å². The number of esters is 2. The summed E-state index contributed by atoms with van der Waals surface area (Å²) in [5.41, 5.74) is 4.17. The smallest absolute Gasteiger partial charge is 0.343 e. The maximum Gasteiger partial charge on any atom is 0.343 e. The van der Waals surface area contributed by atoms with E-state index in [2.05, 4.69) is 15.8 Å². The van der Waals surface area contributed by atoms with Gasteiger partial charge in [-0.15, -0.1) is 11.3 Å². The number of hydrogen-bond donors (Lipinski definition) is 2. The van der Waals surface area contributed by atoms with Gasteiger partial charge in [0.15, 0.2) is 0 Å². The van der Waals surface area contributed by atoms with Crippen molar-refractivity contribution in [3.63, 3.8) is 0 Å². The van der Waals surface area contributed by atoms with Crippen molar-refractivity contribution >= 4 is 57.9 Å². The molecule has 4 rings (SSSR count). The monoisotopic (exact) mass is 553 g/mol. The normalized spacial score (nSPS) is 12.5. The van der Waals surface area contributed by atoms with Crippen molar-refractivity contribution in [1.29, 1.82) is 0 Å². The van der Waals surface area contributed by atoms with Crippen LogP contribution in [0.25, 0.3) is 0 Å². The number of fused-ring (bicyclic) bond motifs is 1. The fourth-order valence-corrected chi connectivity index (χ4v) is 5.35. The first-order chi connectivity index (χ1) is 18.4. The number of hydrogen-bond acceptors (Lipinski definition) is 8. The Bertz CT molecular complexity index is 1420. The molecule has 0 radical (unpaired) electrons. The molecular weight excluding hydrogens is 530 g/mol. The third-order valence-electron chi connectivity index (χ3n) is 5.59. The van der Waals surface area contributed by atoms with Crippen molar-refractivity contribution < 1.29 is 28.7 Å². The van der Waals surface area contributed by atoms with Gasteiger partial charge in [-0.05, 0) is 74.1 Å². The van der Waals surface area contributed by atoms with Crippen molar-refractivity contribution in [2.45, 2.75) is 32.6 Å². The van der Waals surface area contributed by atoms with Gasteiger partial charge in [0.05, 0.1) is 23.9 Å². The Balaban J connectivity index is 1.38. The highest BCUT2D eigenvalue weighted by Crippen LogP contribution is 2.38. The lowest BCUT2D eigenvalue weighted by Crippen LogP contribution is -2.32. The van der Waals surface area contributed by atoms with Crippen molar-refractivity contribution in [1.82, 2.24) is 5.43 Å². The molecule has 0 saturated heterocycles. The van der Waals surface area contributed by atoms with E-state index in [1.54, 1.807) is 49.4 Å². The third-order valence-corrected chi connectivity index (χ3v) is 7.04. The second-order valence-electron chi connectivity index (χ2n) is 8.26. The minimum atomic E-state index is -1.01. The van der Waals surface area contributed by atoms with Gasteiger partial charge >= 0.3 is 23.8 Å². The van der Waals surface area contributed by atoms with Crippen molar-refractivity contribution in [2.24, 2.45) is 5.10 Å². The average Bonchev–Trinajstić information content (AvgIpc) is 3.26. The highest BCUT2D eigenvalue weighted by molar-refractivity contribution is 7.17. The third kappa shape index (κ3) is 6.64. The molecule has 1 aliphatic carbocycles. The second kappa shape index (κ2) is 12.5. The number of anilines is 1. The molecule has 0 fully saturated rings. The Hall–Kier alpha value is -4.02. The van der Waals surface area contributed by atoms with Crippen LogP contribution in [-0.4, -0.2) is 36.6 Å². The Morgan fingerprint density at radius 2 is 1.82 bits per heavy atom. The van der Waals surface area contributed by atoms with Gasteiger partial charge in [0.25, 0.3) is 0 Å². The largest absolute Gasteiger partial charge is 0.462 e. The van der Waals surface area contributed by atoms with E-state index in [9.17, 15) is 19.2 Å². The number of halogens is 1. The van der Waals surface area contributed by atoms with E-state index >= 15 is 0 Å². The van der Waals surface area contributed by atoms with Crippen LogP contribution in [0.2, 0.25) is 5.02 Å². The molecule has 9 nitrogen and oxygen atoms in total. The van der Waals surface area contributed by atoms with Crippen LogP contribution in [0, 0.1) is 0 Å². The number of amides is 2. The second-order valence-corrected chi connectivity index (χ2v) is 9.80. The molecule has 3 aromatic rings. The average molecular weight is 554 g/mol. The molecule has 0 atom stereocenters. The molecule has 38 heavy (non-hydrogen) atoms. The predicted octanol–water partition coefficient (Wildman–Crippen LogP) is 4.77. The predicted molar refractivity (Wildman–Crippen MR) is 144 cm³/mol. The highest BCUT2D eigenvalue weighted by atomic mass is 35.5. The van der Waals surface area contributed by atoms with Crippen LogP contribution >= 0.6 is 22.9 Å². The summed E-state index contributed by atoms with van der Waals surface area (Å²) < 4.78 is 10.5. The number of thiophene rings is 1. The Morgan fingerprint density at radius 3 is 2.61 bits per heavy atom. The minimum Gasteiger partial charge on any atom is -0.462 e. The molecule has 1 aliphatic rings. The molecule has 0 unspecified atom stereocenters. The van der Waals surface area contributed by atoms with E-state index in [0.717, 1.165) is 36.1 Å². The lowest BCUT2D eigenvalue weighted by molar-refractivity contribution is -0.136. The van der Waals surface area contributed by atoms with Gasteiger partial charge in [-0.1, -0.05) is 29.8 Å².